The number of ether oxygens (including phenoxy) is 4. The maximum atomic E-state index is 13.4. The van der Waals surface area contributed by atoms with Crippen LogP contribution in [0.25, 0.3) is 22.4 Å². The highest BCUT2D eigenvalue weighted by atomic mass is 16.7. The maximum Gasteiger partial charge on any atom is 0.346 e. The lowest BCUT2D eigenvalue weighted by Gasteiger charge is -2.16. The number of nitrogens with zero attached hydrogens (tertiary/aromatic N) is 2. The predicted octanol–water partition coefficient (Wildman–Crippen LogP) is 6.53. The second-order valence-corrected chi connectivity index (χ2v) is 10.6. The Bertz CT molecular complexity index is 1560. The Balaban J connectivity index is 1.38. The van der Waals surface area contributed by atoms with Crippen molar-refractivity contribution in [3.05, 3.63) is 72.4 Å². The van der Waals surface area contributed by atoms with Crippen LogP contribution in [0.2, 0.25) is 0 Å². The van der Waals surface area contributed by atoms with Crippen molar-refractivity contribution in [3.63, 3.8) is 0 Å². The molecule has 8 nitrogen and oxygen atoms in total. The molecule has 1 N–H and O–H groups in total. The van der Waals surface area contributed by atoms with Crippen LogP contribution in [0.15, 0.2) is 66.9 Å². The highest BCUT2D eigenvalue weighted by Crippen LogP contribution is 2.49. The van der Waals surface area contributed by atoms with E-state index in [0.29, 0.717) is 28.6 Å². The Kier molecular flexibility index (Phi) is 5.38. The third-order valence-corrected chi connectivity index (χ3v) is 6.54. The Morgan fingerprint density at radius 2 is 1.74 bits per heavy atom. The van der Waals surface area contributed by atoms with E-state index in [0.717, 1.165) is 34.4 Å². The van der Waals surface area contributed by atoms with Gasteiger partial charge < -0.3 is 24.3 Å². The molecule has 1 amide bonds. The third kappa shape index (κ3) is 4.32. The normalized spacial score (nSPS) is 16.0. The van der Waals surface area contributed by atoms with Crippen LogP contribution in [0.1, 0.15) is 33.3 Å². The van der Waals surface area contributed by atoms with Crippen LogP contribution in [0.3, 0.4) is 0 Å². The van der Waals surface area contributed by atoms with Crippen molar-refractivity contribution in [2.24, 2.45) is 0 Å². The Labute approximate surface area is 221 Å². The summed E-state index contributed by atoms with van der Waals surface area (Å²) in [5.74, 6) is 1.67. The van der Waals surface area contributed by atoms with E-state index in [1.165, 1.54) is 4.68 Å². The minimum absolute atomic E-state index is 0.257. The molecule has 8 heteroatoms. The van der Waals surface area contributed by atoms with E-state index in [9.17, 15) is 4.79 Å². The molecule has 0 bridgehead atoms. The summed E-state index contributed by atoms with van der Waals surface area (Å²) in [6.45, 7) is 7.78. The molecule has 3 aromatic carbocycles. The lowest BCUT2D eigenvalue weighted by Crippen LogP contribution is -2.29. The quantitative estimate of drug-likeness (QED) is 0.336. The Morgan fingerprint density at radius 3 is 2.50 bits per heavy atom. The highest BCUT2D eigenvalue weighted by molar-refractivity contribution is 5.93. The van der Waals surface area contributed by atoms with Gasteiger partial charge in [-0.15, -0.1) is 0 Å². The molecule has 2 aliphatic heterocycles. The van der Waals surface area contributed by atoms with Crippen molar-refractivity contribution in [1.82, 2.24) is 9.78 Å². The number of fused-ring (bicyclic) bond motifs is 2. The number of benzene rings is 3. The molecule has 0 radical (unpaired) electrons. The van der Waals surface area contributed by atoms with Crippen LogP contribution in [0, 0.1) is 0 Å². The van der Waals surface area contributed by atoms with Gasteiger partial charge in [-0.05, 0) is 49.7 Å². The topological polar surface area (TPSA) is 83.8 Å². The summed E-state index contributed by atoms with van der Waals surface area (Å²) >= 11 is 0. The average Bonchev–Trinajstić information content (AvgIpc) is 3.54. The number of anilines is 1. The van der Waals surface area contributed by atoms with Gasteiger partial charge in [0.15, 0.2) is 11.5 Å². The zero-order chi connectivity index (χ0) is 26.7. The molecule has 38 heavy (non-hydrogen) atoms. The van der Waals surface area contributed by atoms with Crippen molar-refractivity contribution in [2.75, 3.05) is 12.4 Å². The third-order valence-electron chi connectivity index (χ3n) is 6.54. The molecular formula is C30H29N3O5. The van der Waals surface area contributed by atoms with Gasteiger partial charge in [0.1, 0.15) is 17.0 Å². The van der Waals surface area contributed by atoms with E-state index >= 15 is 0 Å². The molecule has 0 aliphatic carbocycles. The number of carbonyl (C=O) groups excluding carboxylic acids is 1. The summed E-state index contributed by atoms with van der Waals surface area (Å²) in [6.07, 6.45) is 2.51. The molecular weight excluding hydrogens is 482 g/mol. The molecule has 0 fully saturated rings. The summed E-state index contributed by atoms with van der Waals surface area (Å²) in [6, 6.07) is 18.8. The molecule has 2 aliphatic rings. The predicted molar refractivity (Wildman–Crippen MR) is 144 cm³/mol. The average molecular weight is 512 g/mol. The van der Waals surface area contributed by atoms with Gasteiger partial charge >= 0.3 is 6.03 Å². The van der Waals surface area contributed by atoms with E-state index < -0.39 is 5.79 Å². The Hall–Kier alpha value is -4.46. The van der Waals surface area contributed by atoms with Gasteiger partial charge in [0.05, 0.1) is 7.11 Å². The molecule has 6 rings (SSSR count). The number of aromatic nitrogens is 2. The lowest BCUT2D eigenvalue weighted by atomic mass is 10.0. The summed E-state index contributed by atoms with van der Waals surface area (Å²) in [7, 11) is 1.58. The van der Waals surface area contributed by atoms with Gasteiger partial charge in [-0.3, -0.25) is 0 Å². The molecule has 0 atom stereocenters. The number of nitrogens with one attached hydrogen (secondary N) is 1. The first kappa shape index (κ1) is 23.9. The van der Waals surface area contributed by atoms with Gasteiger partial charge in [0.2, 0.25) is 11.5 Å². The number of rotatable bonds is 4. The molecule has 1 aromatic heterocycles. The highest BCUT2D eigenvalue weighted by Gasteiger charge is 2.35. The second kappa shape index (κ2) is 8.55. The number of hydrogen-bond acceptors (Lipinski definition) is 6. The fourth-order valence-electron chi connectivity index (χ4n) is 4.96. The van der Waals surface area contributed by atoms with Crippen LogP contribution >= 0.6 is 0 Å². The summed E-state index contributed by atoms with van der Waals surface area (Å²) in [5, 5.41) is 7.68. The molecule has 0 saturated carbocycles. The van der Waals surface area contributed by atoms with Crippen LogP contribution in [0.4, 0.5) is 10.5 Å². The zero-order valence-corrected chi connectivity index (χ0v) is 22.0. The van der Waals surface area contributed by atoms with Crippen molar-refractivity contribution < 1.29 is 23.7 Å². The first-order chi connectivity index (χ1) is 18.1. The van der Waals surface area contributed by atoms with E-state index in [4.69, 9.17) is 24.0 Å². The lowest BCUT2D eigenvalue weighted by molar-refractivity contribution is -0.0439. The summed E-state index contributed by atoms with van der Waals surface area (Å²) in [5.41, 5.74) is 4.57. The number of carbonyl (C=O) groups is 1. The second-order valence-electron chi connectivity index (χ2n) is 10.6. The van der Waals surface area contributed by atoms with E-state index in [2.05, 4.69) is 5.32 Å². The SMILES string of the molecule is COc1cc(-c2nn(C(=O)Nc3ccc4c(c3)CC(C)(C)O4)cc2-c2ccccc2)cc2c1OC(C)(C)O2. The summed E-state index contributed by atoms with van der Waals surface area (Å²) < 4.78 is 24.8. The van der Waals surface area contributed by atoms with Gasteiger partial charge in [-0.1, -0.05) is 30.3 Å². The number of methoxy groups -OCH3 is 1. The zero-order valence-electron chi connectivity index (χ0n) is 22.0. The minimum Gasteiger partial charge on any atom is -0.493 e. The van der Waals surface area contributed by atoms with Crippen molar-refractivity contribution in [1.29, 1.82) is 0 Å². The molecule has 0 saturated heterocycles. The first-order valence-corrected chi connectivity index (χ1v) is 12.5. The van der Waals surface area contributed by atoms with Crippen molar-refractivity contribution in [3.8, 4) is 45.4 Å². The fraction of sp³-hybridized carbons (Fsp3) is 0.267. The molecule has 4 aromatic rings. The van der Waals surface area contributed by atoms with Gasteiger partial charge in [-0.2, -0.15) is 9.78 Å². The van der Waals surface area contributed by atoms with Crippen molar-refractivity contribution >= 4 is 11.7 Å². The fourth-order valence-corrected chi connectivity index (χ4v) is 4.96. The van der Waals surface area contributed by atoms with E-state index in [1.807, 2.05) is 88.4 Å². The Morgan fingerprint density at radius 1 is 0.947 bits per heavy atom. The largest absolute Gasteiger partial charge is 0.493 e. The van der Waals surface area contributed by atoms with E-state index in [1.54, 1.807) is 13.3 Å². The van der Waals surface area contributed by atoms with Crippen molar-refractivity contribution in [2.45, 2.75) is 45.5 Å². The van der Waals surface area contributed by atoms with Crippen LogP contribution < -0.4 is 24.3 Å². The smallest absolute Gasteiger partial charge is 0.346 e. The van der Waals surface area contributed by atoms with E-state index in [-0.39, 0.29) is 11.6 Å². The minimum atomic E-state index is -0.814. The van der Waals surface area contributed by atoms with Crippen LogP contribution in [-0.2, 0) is 6.42 Å². The molecule has 194 valence electrons. The van der Waals surface area contributed by atoms with Gasteiger partial charge in [0.25, 0.3) is 0 Å². The number of amides is 1. The van der Waals surface area contributed by atoms with Gasteiger partial charge in [0, 0.05) is 48.8 Å². The molecule has 3 heterocycles. The molecule has 0 unspecified atom stereocenters. The van der Waals surface area contributed by atoms with Crippen LogP contribution in [0.5, 0.6) is 23.0 Å². The van der Waals surface area contributed by atoms with Crippen LogP contribution in [-0.4, -0.2) is 34.3 Å². The maximum absolute atomic E-state index is 13.4. The molecule has 0 spiro atoms. The van der Waals surface area contributed by atoms with Gasteiger partial charge in [-0.25, -0.2) is 4.79 Å². The monoisotopic (exact) mass is 511 g/mol. The standard InChI is InChI=1S/C30H29N3O5/c1-29(2)16-20-13-21(11-12-23(20)36-29)31-28(34)33-17-22(18-9-7-6-8-10-18)26(32-33)19-14-24(35-5)27-25(15-19)37-30(3,4)38-27/h6-15,17H,16H2,1-5H3,(H,31,34). The summed E-state index contributed by atoms with van der Waals surface area (Å²) in [4.78, 5) is 13.4. The first-order valence-electron chi connectivity index (χ1n) is 12.5. The number of hydrogen-bond donors (Lipinski definition) is 1.